The molecule has 0 aliphatic carbocycles. The molecule has 0 amide bonds. The van der Waals surface area contributed by atoms with E-state index < -0.39 is 19.0 Å². The van der Waals surface area contributed by atoms with Crippen LogP contribution in [-0.4, -0.2) is 24.7 Å². The highest BCUT2D eigenvalue weighted by Gasteiger charge is 2.29. The number of aliphatic hydroxyl groups is 1. The molecule has 0 aromatic heterocycles. The average Bonchev–Trinajstić information content (AvgIpc) is 2.18. The maximum atomic E-state index is 12.8. The Bertz CT molecular complexity index is 300. The van der Waals surface area contributed by atoms with Crippen molar-refractivity contribution in [3.8, 4) is 5.75 Å². The second kappa shape index (κ2) is 4.37. The van der Waals surface area contributed by atoms with Gasteiger partial charge in [-0.25, -0.2) is 8.78 Å². The Morgan fingerprint density at radius 1 is 1.36 bits per heavy atom. The Morgan fingerprint density at radius 3 is 2.57 bits per heavy atom. The molecule has 0 unspecified atom stereocenters. The first kappa shape index (κ1) is 10.9. The van der Waals surface area contributed by atoms with Crippen molar-refractivity contribution in [3.05, 3.63) is 29.8 Å². The van der Waals surface area contributed by atoms with Crippen molar-refractivity contribution in [2.24, 2.45) is 0 Å². The number of methoxy groups -OCH3 is 1. The summed E-state index contributed by atoms with van der Waals surface area (Å²) in [6.07, 6.45) is -0.506. The maximum absolute atomic E-state index is 12.8. The van der Waals surface area contributed by atoms with Crippen molar-refractivity contribution in [1.29, 1.82) is 0 Å². The summed E-state index contributed by atoms with van der Waals surface area (Å²) in [5.74, 6) is -2.67. The lowest BCUT2D eigenvalue weighted by atomic mass is 10.1. The number of aliphatic hydroxyl groups excluding tert-OH is 1. The van der Waals surface area contributed by atoms with Crippen LogP contribution in [0.15, 0.2) is 24.3 Å². The van der Waals surface area contributed by atoms with Crippen LogP contribution in [0.1, 0.15) is 5.56 Å². The molecule has 0 spiro atoms. The summed E-state index contributed by atoms with van der Waals surface area (Å²) in [7, 11) is 1.43. The predicted molar refractivity (Wildman–Crippen MR) is 48.7 cm³/mol. The van der Waals surface area contributed by atoms with Crippen molar-refractivity contribution in [1.82, 2.24) is 0 Å². The fourth-order valence-corrected chi connectivity index (χ4v) is 1.18. The van der Waals surface area contributed by atoms with E-state index in [2.05, 4.69) is 0 Å². The lowest BCUT2D eigenvalue weighted by Crippen LogP contribution is -2.24. The molecule has 0 saturated heterocycles. The van der Waals surface area contributed by atoms with Gasteiger partial charge in [-0.2, -0.15) is 0 Å². The average molecular weight is 202 g/mol. The van der Waals surface area contributed by atoms with Crippen molar-refractivity contribution < 1.29 is 18.6 Å². The lowest BCUT2D eigenvalue weighted by Gasteiger charge is -2.15. The molecule has 0 atom stereocenters. The van der Waals surface area contributed by atoms with E-state index in [4.69, 9.17) is 9.84 Å². The molecule has 1 aromatic rings. The molecule has 78 valence electrons. The molecule has 0 aliphatic rings. The van der Waals surface area contributed by atoms with E-state index in [1.807, 2.05) is 0 Å². The zero-order valence-electron chi connectivity index (χ0n) is 7.84. The molecule has 0 aliphatic heterocycles. The summed E-state index contributed by atoms with van der Waals surface area (Å²) in [6.45, 7) is -1.15. The Hall–Kier alpha value is -1.16. The normalized spacial score (nSPS) is 11.4. The number of rotatable bonds is 4. The zero-order chi connectivity index (χ0) is 10.6. The molecule has 1 N–H and O–H groups in total. The highest BCUT2D eigenvalue weighted by molar-refractivity contribution is 5.34. The van der Waals surface area contributed by atoms with Gasteiger partial charge in [0, 0.05) is 12.0 Å². The number of para-hydroxylation sites is 1. The van der Waals surface area contributed by atoms with Crippen LogP contribution in [0.5, 0.6) is 5.75 Å². The van der Waals surface area contributed by atoms with E-state index in [0.29, 0.717) is 11.3 Å². The van der Waals surface area contributed by atoms with Gasteiger partial charge in [0.2, 0.25) is 0 Å². The van der Waals surface area contributed by atoms with Gasteiger partial charge < -0.3 is 9.84 Å². The van der Waals surface area contributed by atoms with Crippen LogP contribution in [-0.2, 0) is 6.42 Å². The van der Waals surface area contributed by atoms with Crippen molar-refractivity contribution in [2.75, 3.05) is 13.7 Å². The first-order chi connectivity index (χ1) is 6.59. The van der Waals surface area contributed by atoms with Gasteiger partial charge in [-0.15, -0.1) is 0 Å². The minimum Gasteiger partial charge on any atom is -0.496 e. The number of alkyl halides is 2. The van der Waals surface area contributed by atoms with E-state index in [1.165, 1.54) is 7.11 Å². The largest absolute Gasteiger partial charge is 0.496 e. The van der Waals surface area contributed by atoms with E-state index in [-0.39, 0.29) is 0 Å². The minimum atomic E-state index is -3.09. The number of hydrogen-bond donors (Lipinski definition) is 1. The highest BCUT2D eigenvalue weighted by atomic mass is 19.3. The molecule has 0 radical (unpaired) electrons. The fraction of sp³-hybridized carbons (Fsp3) is 0.400. The topological polar surface area (TPSA) is 29.5 Å². The van der Waals surface area contributed by atoms with Crippen LogP contribution >= 0.6 is 0 Å². The molecule has 1 rings (SSSR count). The predicted octanol–water partition coefficient (Wildman–Crippen LogP) is 1.87. The first-order valence-electron chi connectivity index (χ1n) is 4.19. The highest BCUT2D eigenvalue weighted by Crippen LogP contribution is 2.25. The van der Waals surface area contributed by atoms with Gasteiger partial charge in [0.15, 0.2) is 0 Å². The Kier molecular flexibility index (Phi) is 3.41. The summed E-state index contributed by atoms with van der Waals surface area (Å²) in [5.41, 5.74) is 0.397. The summed E-state index contributed by atoms with van der Waals surface area (Å²) in [5, 5.41) is 8.43. The molecule has 0 heterocycles. The van der Waals surface area contributed by atoms with Crippen LogP contribution in [0.2, 0.25) is 0 Å². The van der Waals surface area contributed by atoms with Gasteiger partial charge >= 0.3 is 0 Å². The number of ether oxygens (including phenoxy) is 1. The summed E-state index contributed by atoms with van der Waals surface area (Å²) in [4.78, 5) is 0. The van der Waals surface area contributed by atoms with Gasteiger partial charge in [-0.05, 0) is 6.07 Å². The second-order valence-electron chi connectivity index (χ2n) is 3.00. The van der Waals surface area contributed by atoms with Gasteiger partial charge in [0.05, 0.1) is 7.11 Å². The SMILES string of the molecule is COc1ccccc1CC(F)(F)CO. The van der Waals surface area contributed by atoms with E-state index in [9.17, 15) is 8.78 Å². The molecular formula is C10H12F2O2. The minimum absolute atomic E-state index is 0.397. The van der Waals surface area contributed by atoms with Crippen LogP contribution in [0.3, 0.4) is 0 Å². The van der Waals surface area contributed by atoms with E-state index in [1.54, 1.807) is 24.3 Å². The molecule has 0 bridgehead atoms. The molecule has 1 aromatic carbocycles. The third-order valence-electron chi connectivity index (χ3n) is 1.87. The summed E-state index contributed by atoms with van der Waals surface area (Å²) in [6, 6.07) is 6.54. The molecule has 14 heavy (non-hydrogen) atoms. The smallest absolute Gasteiger partial charge is 0.274 e. The standard InChI is InChI=1S/C10H12F2O2/c1-14-9-5-3-2-4-8(9)6-10(11,12)7-13/h2-5,13H,6-7H2,1H3. The summed E-state index contributed by atoms with van der Waals surface area (Å²) < 4.78 is 30.6. The Morgan fingerprint density at radius 2 is 2.00 bits per heavy atom. The Balaban J connectivity index is 2.85. The van der Waals surface area contributed by atoms with Crippen LogP contribution < -0.4 is 4.74 Å². The lowest BCUT2D eigenvalue weighted by molar-refractivity contribution is -0.0491. The van der Waals surface area contributed by atoms with Crippen LogP contribution in [0, 0.1) is 0 Å². The first-order valence-corrected chi connectivity index (χ1v) is 4.19. The molecule has 2 nitrogen and oxygen atoms in total. The third-order valence-corrected chi connectivity index (χ3v) is 1.87. The van der Waals surface area contributed by atoms with Crippen LogP contribution in [0.4, 0.5) is 8.78 Å². The van der Waals surface area contributed by atoms with Crippen LogP contribution in [0.25, 0.3) is 0 Å². The van der Waals surface area contributed by atoms with Gasteiger partial charge in [0.25, 0.3) is 5.92 Å². The monoisotopic (exact) mass is 202 g/mol. The number of halogens is 2. The third kappa shape index (κ3) is 2.67. The van der Waals surface area contributed by atoms with E-state index >= 15 is 0 Å². The van der Waals surface area contributed by atoms with Crippen molar-refractivity contribution in [2.45, 2.75) is 12.3 Å². The quantitative estimate of drug-likeness (QED) is 0.807. The van der Waals surface area contributed by atoms with Crippen molar-refractivity contribution in [3.63, 3.8) is 0 Å². The number of hydrogen-bond acceptors (Lipinski definition) is 2. The van der Waals surface area contributed by atoms with E-state index in [0.717, 1.165) is 0 Å². The molecule has 4 heteroatoms. The molecular weight excluding hydrogens is 190 g/mol. The number of benzene rings is 1. The second-order valence-corrected chi connectivity index (χ2v) is 3.00. The zero-order valence-corrected chi connectivity index (χ0v) is 7.84. The maximum Gasteiger partial charge on any atom is 0.274 e. The fourth-order valence-electron chi connectivity index (χ4n) is 1.18. The van der Waals surface area contributed by atoms with Crippen molar-refractivity contribution >= 4 is 0 Å². The molecule has 0 fully saturated rings. The van der Waals surface area contributed by atoms with Gasteiger partial charge in [-0.1, -0.05) is 18.2 Å². The van der Waals surface area contributed by atoms with Gasteiger partial charge in [0.1, 0.15) is 12.4 Å². The summed E-state index contributed by atoms with van der Waals surface area (Å²) >= 11 is 0. The Labute approximate surface area is 81.1 Å². The van der Waals surface area contributed by atoms with Gasteiger partial charge in [-0.3, -0.25) is 0 Å². The molecule has 0 saturated carbocycles.